The van der Waals surface area contributed by atoms with E-state index < -0.39 is 0 Å². The van der Waals surface area contributed by atoms with Gasteiger partial charge >= 0.3 is 0 Å². The molecule has 0 bridgehead atoms. The summed E-state index contributed by atoms with van der Waals surface area (Å²) >= 11 is 3.29. The molecule has 0 aliphatic rings. The SMILES string of the molecule is C/C(=C/Br)c1ccccc1. The topological polar surface area (TPSA) is 0 Å². The number of hydrogen-bond acceptors (Lipinski definition) is 0. The molecular weight excluding hydrogens is 188 g/mol. The summed E-state index contributed by atoms with van der Waals surface area (Å²) in [5, 5.41) is 0. The molecule has 0 N–H and O–H groups in total. The third-order valence-electron chi connectivity index (χ3n) is 1.39. The minimum atomic E-state index is 1.25. The van der Waals surface area contributed by atoms with Crippen molar-refractivity contribution < 1.29 is 0 Å². The van der Waals surface area contributed by atoms with Gasteiger partial charge in [0.15, 0.2) is 0 Å². The lowest BCUT2D eigenvalue weighted by Gasteiger charge is -1.96. The molecule has 10 heavy (non-hydrogen) atoms. The van der Waals surface area contributed by atoms with Crippen molar-refractivity contribution in [3.63, 3.8) is 0 Å². The van der Waals surface area contributed by atoms with Crippen molar-refractivity contribution in [2.24, 2.45) is 0 Å². The Morgan fingerprint density at radius 1 is 1.30 bits per heavy atom. The lowest BCUT2D eigenvalue weighted by molar-refractivity contribution is 1.58. The van der Waals surface area contributed by atoms with Crippen molar-refractivity contribution in [1.82, 2.24) is 0 Å². The van der Waals surface area contributed by atoms with Crippen molar-refractivity contribution in [2.75, 3.05) is 0 Å². The molecule has 0 saturated heterocycles. The minimum Gasteiger partial charge on any atom is -0.0622 e. The van der Waals surface area contributed by atoms with Crippen LogP contribution < -0.4 is 0 Å². The van der Waals surface area contributed by atoms with Crippen LogP contribution in [-0.2, 0) is 0 Å². The lowest BCUT2D eigenvalue weighted by atomic mass is 10.1. The van der Waals surface area contributed by atoms with Crippen LogP contribution in [0.3, 0.4) is 0 Å². The largest absolute Gasteiger partial charge is 0.0622 e. The molecule has 0 saturated carbocycles. The Morgan fingerprint density at radius 2 is 1.90 bits per heavy atom. The molecule has 0 radical (unpaired) electrons. The predicted octanol–water partition coefficient (Wildman–Crippen LogP) is 3.44. The molecule has 0 fully saturated rings. The molecule has 1 heteroatoms. The normalized spacial score (nSPS) is 11.6. The number of rotatable bonds is 1. The van der Waals surface area contributed by atoms with E-state index in [-0.39, 0.29) is 0 Å². The summed E-state index contributed by atoms with van der Waals surface area (Å²) in [5.74, 6) is 0. The molecule has 1 rings (SSSR count). The van der Waals surface area contributed by atoms with Crippen LogP contribution in [0.15, 0.2) is 35.3 Å². The Balaban J connectivity index is 2.96. The first-order chi connectivity index (χ1) is 4.84. The summed E-state index contributed by atoms with van der Waals surface area (Å²) in [6, 6.07) is 10.3. The summed E-state index contributed by atoms with van der Waals surface area (Å²) in [6.45, 7) is 2.07. The molecule has 0 aliphatic carbocycles. The van der Waals surface area contributed by atoms with Crippen molar-refractivity contribution in [3.05, 3.63) is 40.9 Å². The average molecular weight is 197 g/mol. The molecule has 0 aromatic heterocycles. The Hall–Kier alpha value is -0.560. The van der Waals surface area contributed by atoms with Crippen LogP contribution in [0.2, 0.25) is 0 Å². The van der Waals surface area contributed by atoms with Gasteiger partial charge in [-0.1, -0.05) is 46.3 Å². The van der Waals surface area contributed by atoms with Crippen LogP contribution >= 0.6 is 15.9 Å². The number of hydrogen-bond donors (Lipinski definition) is 0. The van der Waals surface area contributed by atoms with Gasteiger partial charge in [0.05, 0.1) is 0 Å². The maximum Gasteiger partial charge on any atom is -0.0154 e. The van der Waals surface area contributed by atoms with E-state index in [2.05, 4.69) is 35.0 Å². The highest BCUT2D eigenvalue weighted by atomic mass is 79.9. The Bertz CT molecular complexity index is 224. The molecule has 0 spiro atoms. The van der Waals surface area contributed by atoms with Gasteiger partial charge in [-0.05, 0) is 23.0 Å². The summed E-state index contributed by atoms with van der Waals surface area (Å²) in [6.07, 6.45) is 0. The zero-order valence-electron chi connectivity index (χ0n) is 5.84. The lowest BCUT2D eigenvalue weighted by Crippen LogP contribution is -1.74. The second-order valence-corrected chi connectivity index (χ2v) is 2.62. The van der Waals surface area contributed by atoms with Gasteiger partial charge in [-0.15, -0.1) is 0 Å². The van der Waals surface area contributed by atoms with Gasteiger partial charge < -0.3 is 0 Å². The van der Waals surface area contributed by atoms with Crippen LogP contribution in [0.1, 0.15) is 12.5 Å². The van der Waals surface area contributed by atoms with E-state index in [1.807, 2.05) is 23.2 Å². The molecule has 0 amide bonds. The second kappa shape index (κ2) is 3.57. The highest BCUT2D eigenvalue weighted by molar-refractivity contribution is 9.11. The van der Waals surface area contributed by atoms with Gasteiger partial charge in [-0.3, -0.25) is 0 Å². The van der Waals surface area contributed by atoms with Gasteiger partial charge in [0.2, 0.25) is 0 Å². The van der Waals surface area contributed by atoms with Gasteiger partial charge in [0.25, 0.3) is 0 Å². The van der Waals surface area contributed by atoms with Crippen LogP contribution in [0, 0.1) is 0 Å². The van der Waals surface area contributed by atoms with Gasteiger partial charge in [0, 0.05) is 0 Å². The van der Waals surface area contributed by atoms with E-state index >= 15 is 0 Å². The number of benzene rings is 1. The van der Waals surface area contributed by atoms with Gasteiger partial charge in [-0.2, -0.15) is 0 Å². The fourth-order valence-electron chi connectivity index (χ4n) is 0.764. The summed E-state index contributed by atoms with van der Waals surface area (Å²) in [4.78, 5) is 1.93. The van der Waals surface area contributed by atoms with Gasteiger partial charge in [-0.25, -0.2) is 0 Å². The monoisotopic (exact) mass is 196 g/mol. The smallest absolute Gasteiger partial charge is 0.0154 e. The molecule has 1 aromatic carbocycles. The summed E-state index contributed by atoms with van der Waals surface area (Å²) < 4.78 is 0. The Labute approximate surface area is 69.7 Å². The highest BCUT2D eigenvalue weighted by Crippen LogP contribution is 2.13. The first kappa shape index (κ1) is 7.55. The first-order valence-corrected chi connectivity index (χ1v) is 4.08. The standard InChI is InChI=1S/C9H9Br/c1-8(7-10)9-5-3-2-4-6-9/h2-7H,1H3/b8-7-. The van der Waals surface area contributed by atoms with Crippen LogP contribution in [0.25, 0.3) is 5.57 Å². The van der Waals surface area contributed by atoms with Gasteiger partial charge in [0.1, 0.15) is 0 Å². The van der Waals surface area contributed by atoms with Crippen molar-refractivity contribution in [1.29, 1.82) is 0 Å². The highest BCUT2D eigenvalue weighted by Gasteiger charge is 1.89. The molecule has 0 atom stereocenters. The zero-order chi connectivity index (χ0) is 7.40. The molecule has 0 heterocycles. The molecule has 1 aromatic rings. The van der Waals surface area contributed by atoms with E-state index in [0.717, 1.165) is 0 Å². The summed E-state index contributed by atoms with van der Waals surface area (Å²) in [5.41, 5.74) is 2.51. The first-order valence-electron chi connectivity index (χ1n) is 3.17. The molecule has 52 valence electrons. The zero-order valence-corrected chi connectivity index (χ0v) is 7.43. The Kier molecular flexibility index (Phi) is 2.69. The van der Waals surface area contributed by atoms with Crippen LogP contribution in [0.4, 0.5) is 0 Å². The third-order valence-corrected chi connectivity index (χ3v) is 2.08. The maximum atomic E-state index is 3.29. The molecular formula is C9H9Br. The second-order valence-electron chi connectivity index (χ2n) is 2.16. The van der Waals surface area contributed by atoms with E-state index in [9.17, 15) is 0 Å². The molecule has 0 nitrogen and oxygen atoms in total. The minimum absolute atomic E-state index is 1.25. The van der Waals surface area contributed by atoms with Crippen molar-refractivity contribution in [3.8, 4) is 0 Å². The molecule has 0 aliphatic heterocycles. The van der Waals surface area contributed by atoms with Crippen LogP contribution in [-0.4, -0.2) is 0 Å². The maximum absolute atomic E-state index is 3.29. The average Bonchev–Trinajstić information content (AvgIpc) is 2.05. The number of halogens is 1. The number of allylic oxidation sites excluding steroid dienone is 1. The van der Waals surface area contributed by atoms with Crippen LogP contribution in [0.5, 0.6) is 0 Å². The van der Waals surface area contributed by atoms with E-state index in [0.29, 0.717) is 0 Å². The fraction of sp³-hybridized carbons (Fsp3) is 0.111. The Morgan fingerprint density at radius 3 is 2.40 bits per heavy atom. The fourth-order valence-corrected chi connectivity index (χ4v) is 1.03. The quantitative estimate of drug-likeness (QED) is 0.646. The molecule has 0 unspecified atom stereocenters. The predicted molar refractivity (Wildman–Crippen MR) is 49.0 cm³/mol. The third kappa shape index (κ3) is 1.71. The summed E-state index contributed by atoms with van der Waals surface area (Å²) in [7, 11) is 0. The van der Waals surface area contributed by atoms with Crippen molar-refractivity contribution >= 4 is 21.5 Å². The van der Waals surface area contributed by atoms with E-state index in [1.54, 1.807) is 0 Å². The van der Waals surface area contributed by atoms with E-state index in [4.69, 9.17) is 0 Å². The van der Waals surface area contributed by atoms with Crippen molar-refractivity contribution in [2.45, 2.75) is 6.92 Å². The van der Waals surface area contributed by atoms with E-state index in [1.165, 1.54) is 11.1 Å².